The summed E-state index contributed by atoms with van der Waals surface area (Å²) in [5.74, 6) is 0.789. The summed E-state index contributed by atoms with van der Waals surface area (Å²) in [5, 5.41) is 3.42. The van der Waals surface area contributed by atoms with Crippen molar-refractivity contribution in [2.75, 3.05) is 0 Å². The number of ether oxygens (including phenoxy) is 1. The van der Waals surface area contributed by atoms with Gasteiger partial charge in [-0.15, -0.1) is 0 Å². The van der Waals surface area contributed by atoms with Crippen LogP contribution in [0.2, 0.25) is 5.02 Å². The highest BCUT2D eigenvalue weighted by Crippen LogP contribution is 2.24. The van der Waals surface area contributed by atoms with E-state index in [0.717, 1.165) is 0 Å². The largest absolute Gasteiger partial charge is 0.479 e. The van der Waals surface area contributed by atoms with E-state index in [-0.39, 0.29) is 11.9 Å². The Balaban J connectivity index is 2.58. The molecule has 0 aliphatic heterocycles. The molecule has 4 heteroatoms. The molecule has 0 aromatic heterocycles. The average Bonchev–Trinajstić information content (AvgIpc) is 2.31. The van der Waals surface area contributed by atoms with Crippen LogP contribution in [0, 0.1) is 5.92 Å². The zero-order chi connectivity index (χ0) is 13.7. The van der Waals surface area contributed by atoms with Gasteiger partial charge in [0.05, 0.1) is 5.02 Å². The van der Waals surface area contributed by atoms with Gasteiger partial charge in [0.2, 0.25) is 0 Å². The van der Waals surface area contributed by atoms with Crippen LogP contribution in [0.25, 0.3) is 0 Å². The van der Waals surface area contributed by atoms with Gasteiger partial charge in [0.25, 0.3) is 5.91 Å². The van der Waals surface area contributed by atoms with E-state index >= 15 is 0 Å². The zero-order valence-electron chi connectivity index (χ0n) is 11.2. The van der Waals surface area contributed by atoms with Crippen molar-refractivity contribution in [1.29, 1.82) is 0 Å². The van der Waals surface area contributed by atoms with E-state index < -0.39 is 6.10 Å². The third-order valence-electron chi connectivity index (χ3n) is 2.88. The molecule has 0 spiro atoms. The number of carbonyl (C=O) groups is 1. The molecular formula is C14H20ClNO2. The summed E-state index contributed by atoms with van der Waals surface area (Å²) < 4.78 is 5.54. The monoisotopic (exact) mass is 269 g/mol. The molecule has 0 unspecified atom stereocenters. The van der Waals surface area contributed by atoms with Crippen LogP contribution in [-0.2, 0) is 4.79 Å². The zero-order valence-corrected chi connectivity index (χ0v) is 12.0. The first kappa shape index (κ1) is 14.8. The van der Waals surface area contributed by atoms with Crippen molar-refractivity contribution in [2.24, 2.45) is 5.92 Å². The van der Waals surface area contributed by atoms with Crippen molar-refractivity contribution >= 4 is 17.5 Å². The Hall–Kier alpha value is -1.22. The lowest BCUT2D eigenvalue weighted by atomic mass is 10.1. The van der Waals surface area contributed by atoms with Crippen LogP contribution in [-0.4, -0.2) is 18.1 Å². The Kier molecular flexibility index (Phi) is 5.48. The summed E-state index contributed by atoms with van der Waals surface area (Å²) >= 11 is 5.97. The molecule has 0 aliphatic carbocycles. The molecule has 1 rings (SSSR count). The number of halogens is 1. The maximum absolute atomic E-state index is 11.9. The molecule has 0 saturated carbocycles. The van der Waals surface area contributed by atoms with Gasteiger partial charge in [-0.2, -0.15) is 0 Å². The molecule has 0 bridgehead atoms. The molecule has 1 amide bonds. The molecule has 0 radical (unpaired) electrons. The van der Waals surface area contributed by atoms with Gasteiger partial charge in [0, 0.05) is 6.04 Å². The Morgan fingerprint density at radius 3 is 2.39 bits per heavy atom. The van der Waals surface area contributed by atoms with Crippen LogP contribution in [0.1, 0.15) is 27.7 Å². The second-order valence-corrected chi connectivity index (χ2v) is 5.14. The van der Waals surface area contributed by atoms with Gasteiger partial charge < -0.3 is 10.1 Å². The molecule has 1 aromatic carbocycles. The van der Waals surface area contributed by atoms with Crippen LogP contribution in [0.5, 0.6) is 5.75 Å². The van der Waals surface area contributed by atoms with Crippen molar-refractivity contribution in [3.8, 4) is 5.75 Å². The summed E-state index contributed by atoms with van der Waals surface area (Å²) in [6.07, 6.45) is -0.564. The van der Waals surface area contributed by atoms with Gasteiger partial charge in [-0.05, 0) is 31.9 Å². The molecule has 0 fully saturated rings. The van der Waals surface area contributed by atoms with E-state index in [0.29, 0.717) is 16.7 Å². The number of para-hydroxylation sites is 1. The van der Waals surface area contributed by atoms with Gasteiger partial charge >= 0.3 is 0 Å². The molecule has 0 heterocycles. The summed E-state index contributed by atoms with van der Waals surface area (Å²) in [5.41, 5.74) is 0. The van der Waals surface area contributed by atoms with Crippen molar-refractivity contribution in [3.05, 3.63) is 29.3 Å². The van der Waals surface area contributed by atoms with Crippen LogP contribution < -0.4 is 10.1 Å². The summed E-state index contributed by atoms with van der Waals surface area (Å²) in [6.45, 7) is 7.81. The molecule has 1 aromatic rings. The Morgan fingerprint density at radius 2 is 1.83 bits per heavy atom. The quantitative estimate of drug-likeness (QED) is 0.891. The molecule has 3 nitrogen and oxygen atoms in total. The number of amides is 1. The predicted molar refractivity (Wildman–Crippen MR) is 74.0 cm³/mol. The third kappa shape index (κ3) is 4.22. The minimum Gasteiger partial charge on any atom is -0.479 e. The third-order valence-corrected chi connectivity index (χ3v) is 3.19. The van der Waals surface area contributed by atoms with Crippen molar-refractivity contribution in [2.45, 2.75) is 39.8 Å². The fourth-order valence-electron chi connectivity index (χ4n) is 1.29. The average molecular weight is 270 g/mol. The maximum atomic E-state index is 11.9. The first-order chi connectivity index (χ1) is 8.41. The molecule has 0 aliphatic rings. The van der Waals surface area contributed by atoms with Crippen LogP contribution in [0.4, 0.5) is 0 Å². The number of carbonyl (C=O) groups excluding carboxylic acids is 1. The SMILES string of the molecule is CC(C)[C@H](C)NC(=O)[C@@H](C)Oc1ccccc1Cl. The highest BCUT2D eigenvalue weighted by Gasteiger charge is 2.18. The molecule has 18 heavy (non-hydrogen) atoms. The number of rotatable bonds is 5. The number of hydrogen-bond donors (Lipinski definition) is 1. The topological polar surface area (TPSA) is 38.3 Å². The van der Waals surface area contributed by atoms with Crippen molar-refractivity contribution in [3.63, 3.8) is 0 Å². The highest BCUT2D eigenvalue weighted by molar-refractivity contribution is 6.32. The first-order valence-corrected chi connectivity index (χ1v) is 6.51. The number of hydrogen-bond acceptors (Lipinski definition) is 2. The van der Waals surface area contributed by atoms with E-state index in [4.69, 9.17) is 16.3 Å². The molecule has 0 saturated heterocycles. The lowest BCUT2D eigenvalue weighted by Crippen LogP contribution is -2.43. The smallest absolute Gasteiger partial charge is 0.260 e. The van der Waals surface area contributed by atoms with Gasteiger partial charge in [-0.25, -0.2) is 0 Å². The van der Waals surface area contributed by atoms with E-state index in [9.17, 15) is 4.79 Å². The summed E-state index contributed by atoms with van der Waals surface area (Å²) in [4.78, 5) is 11.9. The number of nitrogens with one attached hydrogen (secondary N) is 1. The lowest BCUT2D eigenvalue weighted by molar-refractivity contribution is -0.128. The van der Waals surface area contributed by atoms with Crippen LogP contribution >= 0.6 is 11.6 Å². The molecule has 100 valence electrons. The van der Waals surface area contributed by atoms with Gasteiger partial charge in [-0.3, -0.25) is 4.79 Å². The fraction of sp³-hybridized carbons (Fsp3) is 0.500. The molecule has 2 atom stereocenters. The van der Waals surface area contributed by atoms with E-state index in [2.05, 4.69) is 19.2 Å². The van der Waals surface area contributed by atoms with Gasteiger partial charge in [0.1, 0.15) is 5.75 Å². The Bertz CT molecular complexity index is 407. The second kappa shape index (κ2) is 6.64. The van der Waals surface area contributed by atoms with E-state index in [1.807, 2.05) is 19.1 Å². The van der Waals surface area contributed by atoms with E-state index in [1.54, 1.807) is 19.1 Å². The highest BCUT2D eigenvalue weighted by atomic mass is 35.5. The molecular weight excluding hydrogens is 250 g/mol. The minimum atomic E-state index is -0.564. The van der Waals surface area contributed by atoms with E-state index in [1.165, 1.54) is 0 Å². The normalized spacial score (nSPS) is 14.1. The summed E-state index contributed by atoms with van der Waals surface area (Å²) in [7, 11) is 0. The lowest BCUT2D eigenvalue weighted by Gasteiger charge is -2.21. The second-order valence-electron chi connectivity index (χ2n) is 4.73. The van der Waals surface area contributed by atoms with Crippen LogP contribution in [0.3, 0.4) is 0 Å². The Morgan fingerprint density at radius 1 is 1.22 bits per heavy atom. The van der Waals surface area contributed by atoms with Crippen molar-refractivity contribution < 1.29 is 9.53 Å². The predicted octanol–water partition coefficient (Wildman–Crippen LogP) is 3.27. The number of benzene rings is 1. The van der Waals surface area contributed by atoms with Crippen molar-refractivity contribution in [1.82, 2.24) is 5.32 Å². The van der Waals surface area contributed by atoms with Gasteiger partial charge in [0.15, 0.2) is 6.10 Å². The summed E-state index contributed by atoms with van der Waals surface area (Å²) in [6, 6.07) is 7.24. The standard InChI is InChI=1S/C14H20ClNO2/c1-9(2)10(3)16-14(17)11(4)18-13-8-6-5-7-12(13)15/h5-11H,1-4H3,(H,16,17)/t10-,11+/m0/s1. The molecule has 1 N–H and O–H groups in total. The minimum absolute atomic E-state index is 0.120. The fourth-order valence-corrected chi connectivity index (χ4v) is 1.47. The van der Waals surface area contributed by atoms with Crippen LogP contribution in [0.15, 0.2) is 24.3 Å². The first-order valence-electron chi connectivity index (χ1n) is 6.13. The maximum Gasteiger partial charge on any atom is 0.260 e. The Labute approximate surface area is 113 Å². The van der Waals surface area contributed by atoms with Gasteiger partial charge in [-0.1, -0.05) is 37.6 Å².